The molecular formula is C22H28N2O4. The molecule has 1 aliphatic rings. The molecule has 0 spiro atoms. The van der Waals surface area contributed by atoms with Crippen LogP contribution in [0.3, 0.4) is 0 Å². The molecule has 2 aromatic rings. The van der Waals surface area contributed by atoms with Gasteiger partial charge in [0.25, 0.3) is 0 Å². The quantitative estimate of drug-likeness (QED) is 0.735. The van der Waals surface area contributed by atoms with Crippen molar-refractivity contribution in [2.45, 2.75) is 13.0 Å². The van der Waals surface area contributed by atoms with E-state index in [2.05, 4.69) is 11.0 Å². The van der Waals surface area contributed by atoms with Crippen LogP contribution in [0.5, 0.6) is 17.2 Å². The van der Waals surface area contributed by atoms with Crippen LogP contribution in [0.1, 0.15) is 11.1 Å². The summed E-state index contributed by atoms with van der Waals surface area (Å²) in [5.74, 6) is 2.37. The molecule has 0 N–H and O–H groups in total. The topological polar surface area (TPSA) is 51.2 Å². The molecule has 0 radical (unpaired) electrons. The van der Waals surface area contributed by atoms with E-state index >= 15 is 0 Å². The van der Waals surface area contributed by atoms with Crippen LogP contribution < -0.4 is 14.2 Å². The highest BCUT2D eigenvalue weighted by Crippen LogP contribution is 2.28. The molecule has 150 valence electrons. The maximum atomic E-state index is 12.7. The summed E-state index contributed by atoms with van der Waals surface area (Å²) in [7, 11) is 4.90. The van der Waals surface area contributed by atoms with Crippen LogP contribution >= 0.6 is 0 Å². The van der Waals surface area contributed by atoms with Gasteiger partial charge in [0.05, 0.1) is 27.8 Å². The second kappa shape index (κ2) is 9.46. The number of methoxy groups -OCH3 is 3. The smallest absolute Gasteiger partial charge is 0.227 e. The maximum Gasteiger partial charge on any atom is 0.227 e. The summed E-state index contributed by atoms with van der Waals surface area (Å²) < 4.78 is 16.0. The van der Waals surface area contributed by atoms with Crippen molar-refractivity contribution in [2.75, 3.05) is 47.5 Å². The van der Waals surface area contributed by atoms with Gasteiger partial charge in [0.2, 0.25) is 5.91 Å². The molecule has 1 heterocycles. The number of benzene rings is 2. The van der Waals surface area contributed by atoms with Gasteiger partial charge < -0.3 is 19.1 Å². The normalized spacial score (nSPS) is 14.6. The molecule has 0 unspecified atom stereocenters. The van der Waals surface area contributed by atoms with Crippen molar-refractivity contribution in [1.29, 1.82) is 0 Å². The first-order valence-corrected chi connectivity index (χ1v) is 9.47. The van der Waals surface area contributed by atoms with Gasteiger partial charge in [0, 0.05) is 38.3 Å². The van der Waals surface area contributed by atoms with E-state index in [1.165, 1.54) is 5.56 Å². The number of rotatable bonds is 7. The third kappa shape index (κ3) is 4.75. The van der Waals surface area contributed by atoms with Crippen molar-refractivity contribution in [2.24, 2.45) is 0 Å². The van der Waals surface area contributed by atoms with Crippen LogP contribution in [-0.2, 0) is 17.8 Å². The molecule has 28 heavy (non-hydrogen) atoms. The summed E-state index contributed by atoms with van der Waals surface area (Å²) in [6.45, 7) is 4.02. The zero-order valence-electron chi connectivity index (χ0n) is 16.8. The molecule has 0 bridgehead atoms. The van der Waals surface area contributed by atoms with E-state index in [0.29, 0.717) is 17.9 Å². The summed E-state index contributed by atoms with van der Waals surface area (Å²) >= 11 is 0. The fourth-order valence-electron chi connectivity index (χ4n) is 3.51. The molecule has 1 aliphatic heterocycles. The summed E-state index contributed by atoms with van der Waals surface area (Å²) in [6, 6.07) is 13.7. The first-order chi connectivity index (χ1) is 13.6. The number of hydrogen-bond acceptors (Lipinski definition) is 5. The van der Waals surface area contributed by atoms with Gasteiger partial charge in [-0.15, -0.1) is 0 Å². The number of hydrogen-bond donors (Lipinski definition) is 0. The van der Waals surface area contributed by atoms with E-state index in [-0.39, 0.29) is 5.91 Å². The fourth-order valence-corrected chi connectivity index (χ4v) is 3.51. The Morgan fingerprint density at radius 3 is 2.21 bits per heavy atom. The molecule has 1 amide bonds. The Kier molecular flexibility index (Phi) is 6.76. The lowest BCUT2D eigenvalue weighted by molar-refractivity contribution is -0.132. The molecule has 0 aromatic heterocycles. The third-order valence-electron chi connectivity index (χ3n) is 5.11. The maximum absolute atomic E-state index is 12.7. The molecule has 1 saturated heterocycles. The molecule has 0 saturated carbocycles. The van der Waals surface area contributed by atoms with Crippen LogP contribution in [-0.4, -0.2) is 63.2 Å². The number of carbonyl (C=O) groups excluding carboxylic acids is 1. The molecule has 6 heteroatoms. The van der Waals surface area contributed by atoms with E-state index in [0.717, 1.165) is 44.0 Å². The van der Waals surface area contributed by atoms with Gasteiger partial charge in [-0.05, 0) is 23.8 Å². The van der Waals surface area contributed by atoms with Crippen molar-refractivity contribution in [3.63, 3.8) is 0 Å². The zero-order valence-corrected chi connectivity index (χ0v) is 16.8. The highest BCUT2D eigenvalue weighted by atomic mass is 16.5. The van der Waals surface area contributed by atoms with Crippen LogP contribution in [0.25, 0.3) is 0 Å². The van der Waals surface area contributed by atoms with Crippen LogP contribution in [0.15, 0.2) is 42.5 Å². The standard InChI is InChI=1S/C22H28N2O4/c1-26-19-7-5-4-6-18(19)16-23-10-12-24(13-11-23)22(25)15-17-8-9-20(27-2)21(14-17)28-3/h4-9,14H,10-13,15-16H2,1-3H3. The molecule has 3 rings (SSSR count). The van der Waals surface area contributed by atoms with E-state index in [9.17, 15) is 4.79 Å². The van der Waals surface area contributed by atoms with E-state index < -0.39 is 0 Å². The molecule has 2 aromatic carbocycles. The molecular weight excluding hydrogens is 356 g/mol. The predicted molar refractivity (Wildman–Crippen MR) is 108 cm³/mol. The van der Waals surface area contributed by atoms with Crippen molar-refractivity contribution in [3.05, 3.63) is 53.6 Å². The van der Waals surface area contributed by atoms with Gasteiger partial charge in [-0.3, -0.25) is 9.69 Å². The van der Waals surface area contributed by atoms with E-state index in [4.69, 9.17) is 14.2 Å². The van der Waals surface area contributed by atoms with Crippen molar-refractivity contribution >= 4 is 5.91 Å². The Morgan fingerprint density at radius 1 is 0.857 bits per heavy atom. The Bertz CT molecular complexity index is 801. The summed E-state index contributed by atoms with van der Waals surface area (Å²) in [6.07, 6.45) is 0.368. The average Bonchev–Trinajstić information content (AvgIpc) is 2.74. The summed E-state index contributed by atoms with van der Waals surface area (Å²) in [4.78, 5) is 17.0. The Hall–Kier alpha value is -2.73. The van der Waals surface area contributed by atoms with Crippen LogP contribution in [0, 0.1) is 0 Å². The van der Waals surface area contributed by atoms with Gasteiger partial charge in [-0.2, -0.15) is 0 Å². The predicted octanol–water partition coefficient (Wildman–Crippen LogP) is 2.60. The highest BCUT2D eigenvalue weighted by Gasteiger charge is 2.22. The lowest BCUT2D eigenvalue weighted by atomic mass is 10.1. The van der Waals surface area contributed by atoms with Crippen molar-refractivity contribution in [1.82, 2.24) is 9.80 Å². The van der Waals surface area contributed by atoms with Gasteiger partial charge >= 0.3 is 0 Å². The number of ether oxygens (including phenoxy) is 3. The second-order valence-electron chi connectivity index (χ2n) is 6.83. The zero-order chi connectivity index (χ0) is 19.9. The first-order valence-electron chi connectivity index (χ1n) is 9.47. The number of amides is 1. The average molecular weight is 384 g/mol. The van der Waals surface area contributed by atoms with Crippen LogP contribution in [0.2, 0.25) is 0 Å². The Morgan fingerprint density at radius 2 is 1.54 bits per heavy atom. The van der Waals surface area contributed by atoms with Crippen LogP contribution in [0.4, 0.5) is 0 Å². The Balaban J connectivity index is 1.54. The first kappa shape index (κ1) is 20.0. The molecule has 6 nitrogen and oxygen atoms in total. The SMILES string of the molecule is COc1ccccc1CN1CCN(C(=O)Cc2ccc(OC)c(OC)c2)CC1. The lowest BCUT2D eigenvalue weighted by Gasteiger charge is -2.35. The monoisotopic (exact) mass is 384 g/mol. The number of carbonyl (C=O) groups is 1. The molecule has 1 fully saturated rings. The number of nitrogens with zero attached hydrogens (tertiary/aromatic N) is 2. The van der Waals surface area contributed by atoms with Crippen molar-refractivity contribution in [3.8, 4) is 17.2 Å². The van der Waals surface area contributed by atoms with Gasteiger partial charge in [0.1, 0.15) is 5.75 Å². The highest BCUT2D eigenvalue weighted by molar-refractivity contribution is 5.79. The van der Waals surface area contributed by atoms with Crippen molar-refractivity contribution < 1.29 is 19.0 Å². The van der Waals surface area contributed by atoms with Gasteiger partial charge in [0.15, 0.2) is 11.5 Å². The minimum absolute atomic E-state index is 0.143. The van der Waals surface area contributed by atoms with Gasteiger partial charge in [-0.25, -0.2) is 0 Å². The number of para-hydroxylation sites is 1. The van der Waals surface area contributed by atoms with E-state index in [1.807, 2.05) is 41.3 Å². The number of piperazine rings is 1. The largest absolute Gasteiger partial charge is 0.496 e. The minimum Gasteiger partial charge on any atom is -0.496 e. The summed E-state index contributed by atoms with van der Waals surface area (Å²) in [5, 5.41) is 0. The van der Waals surface area contributed by atoms with Gasteiger partial charge in [-0.1, -0.05) is 24.3 Å². The summed E-state index contributed by atoms with van der Waals surface area (Å²) in [5.41, 5.74) is 2.11. The minimum atomic E-state index is 0.143. The lowest BCUT2D eigenvalue weighted by Crippen LogP contribution is -2.48. The fraction of sp³-hybridized carbons (Fsp3) is 0.409. The van der Waals surface area contributed by atoms with E-state index in [1.54, 1.807) is 21.3 Å². The third-order valence-corrected chi connectivity index (χ3v) is 5.11. The molecule has 0 aliphatic carbocycles. The molecule has 0 atom stereocenters. The second-order valence-corrected chi connectivity index (χ2v) is 6.83. The Labute approximate surface area is 166 Å².